The molecule has 1 aromatic rings. The minimum absolute atomic E-state index is 0.285. The number of esters is 1. The molecule has 0 aliphatic carbocycles. The second kappa shape index (κ2) is 9.40. The molecule has 1 aromatic carbocycles. The van der Waals surface area contributed by atoms with E-state index in [1.54, 1.807) is 31.2 Å². The van der Waals surface area contributed by atoms with Crippen LogP contribution >= 0.6 is 0 Å². The van der Waals surface area contributed by atoms with E-state index in [1.165, 1.54) is 13.2 Å². The van der Waals surface area contributed by atoms with E-state index in [4.69, 9.17) is 0 Å². The molecule has 6 heteroatoms. The molecule has 0 atom stereocenters. The highest BCUT2D eigenvalue weighted by atomic mass is 16.5. The molecule has 0 heterocycles. The van der Waals surface area contributed by atoms with Crippen LogP contribution in [0.15, 0.2) is 35.9 Å². The highest BCUT2D eigenvalue weighted by Gasteiger charge is 2.09. The van der Waals surface area contributed by atoms with Crippen molar-refractivity contribution in [1.82, 2.24) is 5.32 Å². The summed E-state index contributed by atoms with van der Waals surface area (Å²) in [6, 6.07) is 6.30. The van der Waals surface area contributed by atoms with Crippen molar-refractivity contribution in [2.45, 2.75) is 26.7 Å². The third kappa shape index (κ3) is 6.34. The second-order valence-electron chi connectivity index (χ2n) is 4.99. The summed E-state index contributed by atoms with van der Waals surface area (Å²) in [5, 5.41) is 5.37. The van der Waals surface area contributed by atoms with Crippen molar-refractivity contribution in [3.05, 3.63) is 41.5 Å². The summed E-state index contributed by atoms with van der Waals surface area (Å²) in [5.74, 6) is -1.10. The van der Waals surface area contributed by atoms with E-state index in [9.17, 15) is 14.4 Å². The summed E-state index contributed by atoms with van der Waals surface area (Å²) in [6.07, 6.45) is 3.16. The van der Waals surface area contributed by atoms with E-state index >= 15 is 0 Å². The van der Waals surface area contributed by atoms with Gasteiger partial charge in [-0.1, -0.05) is 13.3 Å². The molecule has 0 spiro atoms. The van der Waals surface area contributed by atoms with Crippen molar-refractivity contribution < 1.29 is 19.1 Å². The van der Waals surface area contributed by atoms with Crippen molar-refractivity contribution in [1.29, 1.82) is 0 Å². The number of rotatable bonds is 7. The molecule has 0 aliphatic rings. The number of ether oxygens (including phenoxy) is 1. The summed E-state index contributed by atoms with van der Waals surface area (Å²) in [6.45, 7) is 4.19. The van der Waals surface area contributed by atoms with E-state index in [2.05, 4.69) is 15.4 Å². The lowest BCUT2D eigenvalue weighted by atomic mass is 10.2. The maximum Gasteiger partial charge on any atom is 0.337 e. The average molecular weight is 318 g/mol. The van der Waals surface area contributed by atoms with E-state index in [1.807, 2.05) is 6.92 Å². The summed E-state index contributed by atoms with van der Waals surface area (Å²) in [5.41, 5.74) is 1.23. The van der Waals surface area contributed by atoms with Gasteiger partial charge in [-0.3, -0.25) is 9.59 Å². The fourth-order valence-electron chi connectivity index (χ4n) is 1.74. The lowest BCUT2D eigenvalue weighted by Gasteiger charge is -2.07. The Morgan fingerprint density at radius 3 is 2.39 bits per heavy atom. The molecule has 0 saturated heterocycles. The zero-order chi connectivity index (χ0) is 17.2. The van der Waals surface area contributed by atoms with Gasteiger partial charge in [0.25, 0.3) is 5.91 Å². The van der Waals surface area contributed by atoms with Crippen molar-refractivity contribution in [3.63, 3.8) is 0 Å². The number of benzene rings is 1. The first-order valence-corrected chi connectivity index (χ1v) is 7.43. The molecule has 0 fully saturated rings. The first-order chi connectivity index (χ1) is 11.0. The third-order valence-electron chi connectivity index (χ3n) is 3.10. The lowest BCUT2D eigenvalue weighted by Crippen LogP contribution is -2.23. The number of hydrogen-bond acceptors (Lipinski definition) is 4. The largest absolute Gasteiger partial charge is 0.465 e. The number of methoxy groups -OCH3 is 1. The molecule has 0 radical (unpaired) electrons. The van der Waals surface area contributed by atoms with Crippen LogP contribution in [-0.4, -0.2) is 31.4 Å². The monoisotopic (exact) mass is 318 g/mol. The van der Waals surface area contributed by atoms with Gasteiger partial charge in [0.05, 0.1) is 12.7 Å². The van der Waals surface area contributed by atoms with Gasteiger partial charge in [-0.25, -0.2) is 4.79 Å². The van der Waals surface area contributed by atoms with Gasteiger partial charge >= 0.3 is 5.97 Å². The van der Waals surface area contributed by atoms with Crippen LogP contribution in [0.25, 0.3) is 0 Å². The molecule has 0 aliphatic heterocycles. The average Bonchev–Trinajstić information content (AvgIpc) is 2.55. The van der Waals surface area contributed by atoms with Crippen LogP contribution in [0.4, 0.5) is 5.69 Å². The molecule has 1 rings (SSSR count). The van der Waals surface area contributed by atoms with Crippen LogP contribution in [0.2, 0.25) is 0 Å². The lowest BCUT2D eigenvalue weighted by molar-refractivity contribution is -0.117. The van der Waals surface area contributed by atoms with Crippen LogP contribution in [0, 0.1) is 0 Å². The maximum absolute atomic E-state index is 12.0. The molecule has 2 N–H and O–H groups in total. The number of nitrogens with one attached hydrogen (secondary N) is 2. The van der Waals surface area contributed by atoms with Crippen LogP contribution < -0.4 is 10.6 Å². The van der Waals surface area contributed by atoms with Crippen LogP contribution in [0.3, 0.4) is 0 Å². The fourth-order valence-corrected chi connectivity index (χ4v) is 1.74. The van der Waals surface area contributed by atoms with Crippen molar-refractivity contribution in [3.8, 4) is 0 Å². The zero-order valence-electron chi connectivity index (χ0n) is 13.6. The van der Waals surface area contributed by atoms with Gasteiger partial charge in [-0.05, 0) is 37.6 Å². The molecule has 23 heavy (non-hydrogen) atoms. The summed E-state index contributed by atoms with van der Waals surface area (Å²) in [4.78, 5) is 34.9. The van der Waals surface area contributed by atoms with E-state index in [0.29, 0.717) is 23.4 Å². The zero-order valence-corrected chi connectivity index (χ0v) is 13.6. The molecule has 2 amide bonds. The van der Waals surface area contributed by atoms with Crippen molar-refractivity contribution in [2.75, 3.05) is 19.0 Å². The molecule has 124 valence electrons. The number of amides is 2. The quantitative estimate of drug-likeness (QED) is 0.459. The standard InChI is InChI=1S/C17H22N2O4/c1-4-5-10-18-15(20)11-12(2)16(21)19-14-8-6-13(7-9-14)17(22)23-3/h6-9,11H,4-5,10H2,1-3H3,(H,18,20)(H,19,21)/b12-11+. The normalized spacial score (nSPS) is 10.8. The number of hydrogen-bond donors (Lipinski definition) is 2. The van der Waals surface area contributed by atoms with Gasteiger partial charge in [-0.2, -0.15) is 0 Å². The first-order valence-electron chi connectivity index (χ1n) is 7.43. The Bertz CT molecular complexity index is 591. The number of carbonyl (C=O) groups is 3. The topological polar surface area (TPSA) is 84.5 Å². The van der Waals surface area contributed by atoms with Gasteiger partial charge in [0.1, 0.15) is 0 Å². The Labute approximate surface area is 135 Å². The molecule has 6 nitrogen and oxygen atoms in total. The predicted octanol–water partition coefficient (Wildman–Crippen LogP) is 2.27. The molecule has 0 saturated carbocycles. The van der Waals surface area contributed by atoms with Crippen molar-refractivity contribution >= 4 is 23.5 Å². The first kappa shape index (κ1) is 18.4. The fraction of sp³-hybridized carbons (Fsp3) is 0.353. The molecule has 0 unspecified atom stereocenters. The Kier molecular flexibility index (Phi) is 7.53. The second-order valence-corrected chi connectivity index (χ2v) is 4.99. The minimum Gasteiger partial charge on any atom is -0.465 e. The molecular weight excluding hydrogens is 296 g/mol. The minimum atomic E-state index is -0.442. The molecular formula is C17H22N2O4. The predicted molar refractivity (Wildman–Crippen MR) is 88.1 cm³/mol. The van der Waals surface area contributed by atoms with Crippen molar-refractivity contribution in [2.24, 2.45) is 0 Å². The molecule has 0 aromatic heterocycles. The Balaban J connectivity index is 2.60. The third-order valence-corrected chi connectivity index (χ3v) is 3.10. The Hall–Kier alpha value is -2.63. The molecule has 0 bridgehead atoms. The summed E-state index contributed by atoms with van der Waals surface area (Å²) in [7, 11) is 1.30. The van der Waals surface area contributed by atoms with Gasteiger partial charge in [0, 0.05) is 23.9 Å². The maximum atomic E-state index is 12.0. The SMILES string of the molecule is CCCCNC(=O)/C=C(\C)C(=O)Nc1ccc(C(=O)OC)cc1. The highest BCUT2D eigenvalue weighted by molar-refractivity contribution is 6.07. The van der Waals surface area contributed by atoms with Gasteiger partial charge in [0.2, 0.25) is 5.91 Å². The van der Waals surface area contributed by atoms with E-state index < -0.39 is 5.97 Å². The number of carbonyl (C=O) groups excluding carboxylic acids is 3. The van der Waals surface area contributed by atoms with Gasteiger partial charge in [-0.15, -0.1) is 0 Å². The summed E-state index contributed by atoms with van der Waals surface area (Å²) >= 11 is 0. The highest BCUT2D eigenvalue weighted by Crippen LogP contribution is 2.11. The van der Waals surface area contributed by atoms with Crippen LogP contribution in [-0.2, 0) is 14.3 Å². The number of unbranched alkanes of at least 4 members (excludes halogenated alkanes) is 1. The van der Waals surface area contributed by atoms with E-state index in [0.717, 1.165) is 12.8 Å². The Morgan fingerprint density at radius 1 is 1.17 bits per heavy atom. The van der Waals surface area contributed by atoms with Gasteiger partial charge < -0.3 is 15.4 Å². The Morgan fingerprint density at radius 2 is 1.83 bits per heavy atom. The van der Waals surface area contributed by atoms with Crippen LogP contribution in [0.1, 0.15) is 37.0 Å². The van der Waals surface area contributed by atoms with Crippen LogP contribution in [0.5, 0.6) is 0 Å². The number of anilines is 1. The summed E-state index contributed by atoms with van der Waals surface area (Å²) < 4.78 is 4.60. The van der Waals surface area contributed by atoms with Gasteiger partial charge in [0.15, 0.2) is 0 Å². The van der Waals surface area contributed by atoms with E-state index in [-0.39, 0.29) is 11.8 Å². The smallest absolute Gasteiger partial charge is 0.337 e.